The zero-order chi connectivity index (χ0) is 19.4. The van der Waals surface area contributed by atoms with Crippen LogP contribution in [0.4, 0.5) is 4.39 Å². The van der Waals surface area contributed by atoms with Crippen LogP contribution >= 0.6 is 11.8 Å². The minimum absolute atomic E-state index is 0.0250. The van der Waals surface area contributed by atoms with Gasteiger partial charge in [0, 0.05) is 31.7 Å². The predicted molar refractivity (Wildman–Crippen MR) is 106 cm³/mol. The van der Waals surface area contributed by atoms with Crippen LogP contribution in [-0.2, 0) is 11.3 Å². The third-order valence-electron chi connectivity index (χ3n) is 4.20. The van der Waals surface area contributed by atoms with Crippen molar-refractivity contribution < 1.29 is 9.18 Å². The van der Waals surface area contributed by atoms with E-state index < -0.39 is 0 Å². The summed E-state index contributed by atoms with van der Waals surface area (Å²) in [4.78, 5) is 18.8. The summed E-state index contributed by atoms with van der Waals surface area (Å²) in [5.74, 6) is -0.320. The highest BCUT2D eigenvalue weighted by Gasteiger charge is 2.21. The fraction of sp³-hybridized carbons (Fsp3) is 0.238. The highest BCUT2D eigenvalue weighted by Crippen LogP contribution is 2.26. The van der Waals surface area contributed by atoms with Crippen molar-refractivity contribution >= 4 is 17.7 Å². The molecular weight excluding hydrogens is 361 g/mol. The van der Waals surface area contributed by atoms with Gasteiger partial charge in [-0.3, -0.25) is 9.36 Å². The Morgan fingerprint density at radius 1 is 1.26 bits per heavy atom. The highest BCUT2D eigenvalue weighted by molar-refractivity contribution is 8.00. The van der Waals surface area contributed by atoms with Gasteiger partial charge in [0.05, 0.1) is 5.25 Å². The van der Waals surface area contributed by atoms with Gasteiger partial charge in [0.1, 0.15) is 5.82 Å². The quantitative estimate of drug-likeness (QED) is 0.590. The van der Waals surface area contributed by atoms with Gasteiger partial charge in [0.25, 0.3) is 0 Å². The van der Waals surface area contributed by atoms with Gasteiger partial charge in [0.2, 0.25) is 5.91 Å². The summed E-state index contributed by atoms with van der Waals surface area (Å²) < 4.78 is 15.3. The molecule has 0 saturated carbocycles. The van der Waals surface area contributed by atoms with Crippen LogP contribution < -0.4 is 0 Å². The lowest BCUT2D eigenvalue weighted by molar-refractivity contribution is -0.129. The number of benzene rings is 2. The van der Waals surface area contributed by atoms with E-state index >= 15 is 0 Å². The molecule has 0 bridgehead atoms. The largest absolute Gasteiger partial charge is 0.340 e. The van der Waals surface area contributed by atoms with Crippen LogP contribution in [0.5, 0.6) is 0 Å². The molecule has 6 heteroatoms. The van der Waals surface area contributed by atoms with Crippen molar-refractivity contribution in [1.82, 2.24) is 14.5 Å². The smallest absolute Gasteiger partial charge is 0.235 e. The molecule has 3 rings (SSSR count). The summed E-state index contributed by atoms with van der Waals surface area (Å²) in [5, 5.41) is 0.454. The molecule has 1 amide bonds. The van der Waals surface area contributed by atoms with E-state index in [4.69, 9.17) is 0 Å². The average Bonchev–Trinajstić information content (AvgIpc) is 3.09. The number of imidazole rings is 1. The number of carbonyl (C=O) groups excluding carboxylic acids is 1. The first-order valence-corrected chi connectivity index (χ1v) is 9.58. The van der Waals surface area contributed by atoms with E-state index in [2.05, 4.69) is 11.1 Å². The minimum atomic E-state index is -0.311. The van der Waals surface area contributed by atoms with Gasteiger partial charge >= 0.3 is 0 Å². The molecule has 0 radical (unpaired) electrons. The summed E-state index contributed by atoms with van der Waals surface area (Å²) >= 11 is 1.41. The third-order valence-corrected chi connectivity index (χ3v) is 5.27. The van der Waals surface area contributed by atoms with Crippen molar-refractivity contribution in [2.75, 3.05) is 7.05 Å². The lowest BCUT2D eigenvalue weighted by Crippen LogP contribution is -2.33. The molecular formula is C21H22FN3OS. The summed E-state index contributed by atoms with van der Waals surface area (Å²) in [6, 6.07) is 14.5. The molecule has 0 spiro atoms. The zero-order valence-corrected chi connectivity index (χ0v) is 16.4. The van der Waals surface area contributed by atoms with Gasteiger partial charge in [-0.15, -0.1) is 0 Å². The first kappa shape index (κ1) is 19.2. The molecule has 1 atom stereocenters. The van der Waals surface area contributed by atoms with E-state index in [1.807, 2.05) is 48.9 Å². The van der Waals surface area contributed by atoms with Gasteiger partial charge < -0.3 is 4.90 Å². The zero-order valence-electron chi connectivity index (χ0n) is 15.6. The van der Waals surface area contributed by atoms with Gasteiger partial charge in [-0.2, -0.15) is 0 Å². The Morgan fingerprint density at radius 2 is 2.04 bits per heavy atom. The molecule has 3 aromatic rings. The van der Waals surface area contributed by atoms with Crippen molar-refractivity contribution in [2.24, 2.45) is 0 Å². The molecule has 140 valence electrons. The molecule has 0 fully saturated rings. The maximum Gasteiger partial charge on any atom is 0.235 e. The van der Waals surface area contributed by atoms with E-state index in [1.165, 1.54) is 23.9 Å². The summed E-state index contributed by atoms with van der Waals surface area (Å²) in [5.41, 5.74) is 2.95. The van der Waals surface area contributed by atoms with Crippen molar-refractivity contribution in [3.63, 3.8) is 0 Å². The lowest BCUT2D eigenvalue weighted by atomic mass is 10.2. The fourth-order valence-electron chi connectivity index (χ4n) is 2.86. The Kier molecular flexibility index (Phi) is 5.96. The summed E-state index contributed by atoms with van der Waals surface area (Å²) in [7, 11) is 1.73. The minimum Gasteiger partial charge on any atom is -0.340 e. The summed E-state index contributed by atoms with van der Waals surface area (Å²) in [6.07, 6.45) is 3.63. The number of carbonyl (C=O) groups is 1. The molecule has 1 aromatic heterocycles. The Morgan fingerprint density at radius 3 is 2.78 bits per heavy atom. The van der Waals surface area contributed by atoms with Gasteiger partial charge in [-0.05, 0) is 49.2 Å². The molecule has 0 aliphatic heterocycles. The number of nitrogens with zero attached hydrogens (tertiary/aromatic N) is 3. The van der Waals surface area contributed by atoms with Crippen LogP contribution in [0.25, 0.3) is 5.69 Å². The second kappa shape index (κ2) is 8.39. The third kappa shape index (κ3) is 4.77. The number of rotatable bonds is 6. The van der Waals surface area contributed by atoms with Crippen LogP contribution in [0, 0.1) is 12.7 Å². The number of amides is 1. The lowest BCUT2D eigenvalue weighted by Gasteiger charge is -2.21. The molecule has 0 N–H and O–H groups in total. The monoisotopic (exact) mass is 383 g/mol. The topological polar surface area (TPSA) is 38.1 Å². The Hall–Kier alpha value is -2.60. The van der Waals surface area contributed by atoms with E-state index in [0.29, 0.717) is 6.54 Å². The molecule has 0 saturated heterocycles. The molecule has 0 aliphatic carbocycles. The number of halogens is 1. The Bertz CT molecular complexity index is 940. The second-order valence-corrected chi connectivity index (χ2v) is 7.81. The normalized spacial score (nSPS) is 12.0. The van der Waals surface area contributed by atoms with E-state index in [0.717, 1.165) is 22.0 Å². The van der Waals surface area contributed by atoms with Crippen LogP contribution in [-0.4, -0.2) is 32.7 Å². The molecule has 2 aromatic carbocycles. The van der Waals surface area contributed by atoms with Crippen molar-refractivity contribution in [3.8, 4) is 5.69 Å². The maximum atomic E-state index is 13.3. The number of hydrogen-bond acceptors (Lipinski definition) is 3. The van der Waals surface area contributed by atoms with Crippen LogP contribution in [0.2, 0.25) is 0 Å². The SMILES string of the molecule is Cc1cccc(-n2ccnc2S[C@@H](C)C(=O)N(C)Cc2cccc(F)c2)c1. The Balaban J connectivity index is 1.69. The van der Waals surface area contributed by atoms with Crippen LogP contribution in [0.3, 0.4) is 0 Å². The van der Waals surface area contributed by atoms with Gasteiger partial charge in [-0.25, -0.2) is 9.37 Å². The number of aromatic nitrogens is 2. The van der Waals surface area contributed by atoms with Gasteiger partial charge in [0.15, 0.2) is 5.16 Å². The van der Waals surface area contributed by atoms with Crippen LogP contribution in [0.1, 0.15) is 18.1 Å². The van der Waals surface area contributed by atoms with Crippen LogP contribution in [0.15, 0.2) is 66.1 Å². The van der Waals surface area contributed by atoms with E-state index in [-0.39, 0.29) is 17.0 Å². The first-order chi connectivity index (χ1) is 12.9. The number of thioether (sulfide) groups is 1. The van der Waals surface area contributed by atoms with Gasteiger partial charge in [-0.1, -0.05) is 36.0 Å². The molecule has 0 aliphatic rings. The maximum absolute atomic E-state index is 13.3. The molecule has 27 heavy (non-hydrogen) atoms. The standard InChI is InChI=1S/C21H22FN3OS/c1-15-6-4-9-19(12-15)25-11-10-23-21(25)27-16(2)20(26)24(3)14-17-7-5-8-18(22)13-17/h4-13,16H,14H2,1-3H3/t16-/m0/s1. The van der Waals surface area contributed by atoms with Crippen molar-refractivity contribution in [1.29, 1.82) is 0 Å². The molecule has 4 nitrogen and oxygen atoms in total. The molecule has 0 unspecified atom stereocenters. The predicted octanol–water partition coefficient (Wildman–Crippen LogP) is 4.46. The fourth-order valence-corrected chi connectivity index (χ4v) is 3.86. The second-order valence-electron chi connectivity index (χ2n) is 6.50. The van der Waals surface area contributed by atoms with E-state index in [1.54, 1.807) is 24.2 Å². The Labute approximate surface area is 163 Å². The van der Waals surface area contributed by atoms with E-state index in [9.17, 15) is 9.18 Å². The molecule has 1 heterocycles. The van der Waals surface area contributed by atoms with Crippen molar-refractivity contribution in [3.05, 3.63) is 77.9 Å². The summed E-state index contributed by atoms with van der Waals surface area (Å²) in [6.45, 7) is 4.28. The highest BCUT2D eigenvalue weighted by atomic mass is 32.2. The number of hydrogen-bond donors (Lipinski definition) is 0. The first-order valence-electron chi connectivity index (χ1n) is 8.70. The van der Waals surface area contributed by atoms with Crippen molar-refractivity contribution in [2.45, 2.75) is 30.8 Å². The number of aryl methyl sites for hydroxylation is 1. The average molecular weight is 383 g/mol.